The second-order valence-corrected chi connectivity index (χ2v) is 5.34. The van der Waals surface area contributed by atoms with Gasteiger partial charge in [-0.25, -0.2) is 0 Å². The van der Waals surface area contributed by atoms with Gasteiger partial charge in [0.15, 0.2) is 6.29 Å². The second kappa shape index (κ2) is 9.65. The molecule has 1 aliphatic heterocycles. The van der Waals surface area contributed by atoms with Crippen LogP contribution in [0.25, 0.3) is 0 Å². The lowest BCUT2D eigenvalue weighted by atomic mass is 9.99. The Bertz CT molecular complexity index is 248. The van der Waals surface area contributed by atoms with E-state index in [2.05, 4.69) is 6.92 Å². The Labute approximate surface area is 120 Å². The van der Waals surface area contributed by atoms with Crippen molar-refractivity contribution >= 4 is 0 Å². The summed E-state index contributed by atoms with van der Waals surface area (Å²) in [4.78, 5) is 0. The fourth-order valence-corrected chi connectivity index (χ4v) is 2.29. The lowest BCUT2D eigenvalue weighted by molar-refractivity contribution is -0.301. The molecule has 0 unspecified atom stereocenters. The van der Waals surface area contributed by atoms with Crippen LogP contribution < -0.4 is 0 Å². The molecular weight excluding hydrogens is 264 g/mol. The predicted octanol–water partition coefficient (Wildman–Crippen LogP) is 0.163. The van der Waals surface area contributed by atoms with E-state index < -0.39 is 37.3 Å². The van der Waals surface area contributed by atoms with Crippen molar-refractivity contribution in [2.24, 2.45) is 0 Å². The van der Waals surface area contributed by atoms with Gasteiger partial charge in [-0.2, -0.15) is 0 Å². The first-order chi connectivity index (χ1) is 9.61. The summed E-state index contributed by atoms with van der Waals surface area (Å²) in [5.41, 5.74) is 0. The van der Waals surface area contributed by atoms with Crippen molar-refractivity contribution in [3.05, 3.63) is 0 Å². The fourth-order valence-electron chi connectivity index (χ4n) is 2.29. The molecule has 1 rings (SSSR count). The molecule has 0 aromatic carbocycles. The predicted molar refractivity (Wildman–Crippen MR) is 73.1 cm³/mol. The average Bonchev–Trinajstić information content (AvgIpc) is 2.46. The standard InChI is InChI=1S/C14H28O6/c1-2-3-4-5-6-7-8-19-14-13(18)12(17)11(16)10(9-15)20-14/h10-18H,2-9H2,1H3/t10-,11-,12+,13-,14+/m1/s1. The van der Waals surface area contributed by atoms with Crippen molar-refractivity contribution < 1.29 is 29.9 Å². The van der Waals surface area contributed by atoms with E-state index in [0.29, 0.717) is 6.61 Å². The maximum absolute atomic E-state index is 9.75. The van der Waals surface area contributed by atoms with Gasteiger partial charge in [-0.05, 0) is 6.42 Å². The number of aliphatic hydroxyl groups excluding tert-OH is 4. The summed E-state index contributed by atoms with van der Waals surface area (Å²) >= 11 is 0. The zero-order valence-corrected chi connectivity index (χ0v) is 12.1. The van der Waals surface area contributed by atoms with Crippen LogP contribution in [0.4, 0.5) is 0 Å². The molecule has 0 bridgehead atoms. The summed E-state index contributed by atoms with van der Waals surface area (Å²) < 4.78 is 10.6. The van der Waals surface area contributed by atoms with Gasteiger partial charge in [0, 0.05) is 6.61 Å². The summed E-state index contributed by atoms with van der Waals surface area (Å²) in [5.74, 6) is 0. The van der Waals surface area contributed by atoms with E-state index in [9.17, 15) is 15.3 Å². The molecule has 1 aliphatic rings. The molecular formula is C14H28O6. The van der Waals surface area contributed by atoms with Crippen LogP contribution in [-0.4, -0.2) is 64.3 Å². The molecule has 1 fully saturated rings. The third-order valence-electron chi connectivity index (χ3n) is 3.63. The first-order valence-corrected chi connectivity index (χ1v) is 7.54. The van der Waals surface area contributed by atoms with Gasteiger partial charge >= 0.3 is 0 Å². The molecule has 5 atom stereocenters. The maximum atomic E-state index is 9.75. The Morgan fingerprint density at radius 1 is 0.900 bits per heavy atom. The minimum atomic E-state index is -1.37. The molecule has 0 aliphatic carbocycles. The Hall–Kier alpha value is -0.240. The lowest BCUT2D eigenvalue weighted by Gasteiger charge is -2.39. The molecule has 120 valence electrons. The van der Waals surface area contributed by atoms with Crippen LogP contribution >= 0.6 is 0 Å². The Balaban J connectivity index is 2.21. The maximum Gasteiger partial charge on any atom is 0.186 e. The summed E-state index contributed by atoms with van der Waals surface area (Å²) in [6, 6.07) is 0. The molecule has 0 saturated carbocycles. The quantitative estimate of drug-likeness (QED) is 0.452. The van der Waals surface area contributed by atoms with Gasteiger partial charge in [-0.1, -0.05) is 39.0 Å². The third-order valence-corrected chi connectivity index (χ3v) is 3.63. The smallest absolute Gasteiger partial charge is 0.186 e. The average molecular weight is 292 g/mol. The summed E-state index contributed by atoms with van der Waals surface area (Å²) in [7, 11) is 0. The van der Waals surface area contributed by atoms with E-state index in [-0.39, 0.29) is 0 Å². The summed E-state index contributed by atoms with van der Waals surface area (Å²) in [6.45, 7) is 2.17. The van der Waals surface area contributed by atoms with Gasteiger partial charge in [0.2, 0.25) is 0 Å². The number of unbranched alkanes of at least 4 members (excludes halogenated alkanes) is 5. The van der Waals surface area contributed by atoms with Gasteiger partial charge in [-0.3, -0.25) is 0 Å². The number of rotatable bonds is 9. The number of ether oxygens (including phenoxy) is 2. The van der Waals surface area contributed by atoms with E-state index in [1.165, 1.54) is 19.3 Å². The zero-order chi connectivity index (χ0) is 15.0. The van der Waals surface area contributed by atoms with Crippen molar-refractivity contribution in [1.29, 1.82) is 0 Å². The minimum Gasteiger partial charge on any atom is -0.394 e. The van der Waals surface area contributed by atoms with E-state index >= 15 is 0 Å². The topological polar surface area (TPSA) is 99.4 Å². The first kappa shape index (κ1) is 17.8. The van der Waals surface area contributed by atoms with Crippen molar-refractivity contribution in [1.82, 2.24) is 0 Å². The van der Waals surface area contributed by atoms with Gasteiger partial charge in [0.05, 0.1) is 6.61 Å². The molecule has 6 nitrogen and oxygen atoms in total. The van der Waals surface area contributed by atoms with Crippen LogP contribution in [0, 0.1) is 0 Å². The lowest BCUT2D eigenvalue weighted by Crippen LogP contribution is -2.59. The highest BCUT2D eigenvalue weighted by Crippen LogP contribution is 2.22. The van der Waals surface area contributed by atoms with E-state index in [0.717, 1.165) is 19.3 Å². The van der Waals surface area contributed by atoms with Gasteiger partial charge in [-0.15, -0.1) is 0 Å². The highest BCUT2D eigenvalue weighted by atomic mass is 16.7. The van der Waals surface area contributed by atoms with Crippen LogP contribution in [0.15, 0.2) is 0 Å². The molecule has 20 heavy (non-hydrogen) atoms. The highest BCUT2D eigenvalue weighted by Gasteiger charge is 2.43. The van der Waals surface area contributed by atoms with Crippen LogP contribution in [0.5, 0.6) is 0 Å². The normalized spacial score (nSPS) is 34.4. The second-order valence-electron chi connectivity index (χ2n) is 5.34. The van der Waals surface area contributed by atoms with E-state index in [1.54, 1.807) is 0 Å². The molecule has 0 amide bonds. The van der Waals surface area contributed by atoms with E-state index in [4.69, 9.17) is 14.6 Å². The Morgan fingerprint density at radius 2 is 1.55 bits per heavy atom. The molecule has 0 aromatic heterocycles. The SMILES string of the molecule is CCCCCCCCO[C@H]1O[C@H](CO)[C@@H](O)[C@H](O)[C@H]1O. The molecule has 0 radical (unpaired) electrons. The summed E-state index contributed by atoms with van der Waals surface area (Å²) in [5, 5.41) is 38.0. The molecule has 1 saturated heterocycles. The van der Waals surface area contributed by atoms with Crippen molar-refractivity contribution in [2.45, 2.75) is 76.2 Å². The van der Waals surface area contributed by atoms with Crippen LogP contribution in [0.3, 0.4) is 0 Å². The number of hydrogen-bond acceptors (Lipinski definition) is 6. The Morgan fingerprint density at radius 3 is 2.20 bits per heavy atom. The van der Waals surface area contributed by atoms with Crippen molar-refractivity contribution in [3.63, 3.8) is 0 Å². The highest BCUT2D eigenvalue weighted by molar-refractivity contribution is 4.88. The van der Waals surface area contributed by atoms with Crippen LogP contribution in [-0.2, 0) is 9.47 Å². The molecule has 0 aromatic rings. The molecule has 4 N–H and O–H groups in total. The van der Waals surface area contributed by atoms with Gasteiger partial charge < -0.3 is 29.9 Å². The summed E-state index contributed by atoms with van der Waals surface area (Å²) in [6.07, 6.45) is 0.851. The minimum absolute atomic E-state index is 0.425. The van der Waals surface area contributed by atoms with Gasteiger partial charge in [0.25, 0.3) is 0 Å². The van der Waals surface area contributed by atoms with Crippen molar-refractivity contribution in [3.8, 4) is 0 Å². The van der Waals surface area contributed by atoms with Crippen LogP contribution in [0.2, 0.25) is 0 Å². The number of aliphatic hydroxyl groups is 4. The first-order valence-electron chi connectivity index (χ1n) is 7.54. The largest absolute Gasteiger partial charge is 0.394 e. The molecule has 0 spiro atoms. The van der Waals surface area contributed by atoms with Crippen LogP contribution in [0.1, 0.15) is 45.4 Å². The van der Waals surface area contributed by atoms with Crippen molar-refractivity contribution in [2.75, 3.05) is 13.2 Å². The zero-order valence-electron chi connectivity index (χ0n) is 12.1. The fraction of sp³-hybridized carbons (Fsp3) is 1.00. The van der Waals surface area contributed by atoms with Gasteiger partial charge in [0.1, 0.15) is 24.4 Å². The molecule has 6 heteroatoms. The number of hydrogen-bond donors (Lipinski definition) is 4. The molecule has 1 heterocycles. The Kier molecular flexibility index (Phi) is 8.60. The van der Waals surface area contributed by atoms with E-state index in [1.807, 2.05) is 0 Å². The monoisotopic (exact) mass is 292 g/mol. The third kappa shape index (κ3) is 5.27.